The average Bonchev–Trinajstić information content (AvgIpc) is 2.52. The summed E-state index contributed by atoms with van der Waals surface area (Å²) in [7, 11) is 1.50. The zero-order valence-corrected chi connectivity index (χ0v) is 15.0. The van der Waals surface area contributed by atoms with Gasteiger partial charge >= 0.3 is 5.97 Å². The number of carbonyl (C=O) groups is 1. The van der Waals surface area contributed by atoms with Gasteiger partial charge in [0.1, 0.15) is 5.75 Å². The van der Waals surface area contributed by atoms with E-state index in [1.165, 1.54) is 12.7 Å². The maximum Gasteiger partial charge on any atom is 0.336 e. The second-order valence-electron chi connectivity index (χ2n) is 6.58. The Balaban J connectivity index is 2.50. The van der Waals surface area contributed by atoms with Crippen molar-refractivity contribution < 1.29 is 14.6 Å². The lowest BCUT2D eigenvalue weighted by atomic mass is 9.86. The fourth-order valence-corrected chi connectivity index (χ4v) is 2.56. The Morgan fingerprint density at radius 2 is 1.75 bits per heavy atom. The summed E-state index contributed by atoms with van der Waals surface area (Å²) >= 11 is 6.02. The number of benzene rings is 2. The van der Waals surface area contributed by atoms with Gasteiger partial charge in [0.25, 0.3) is 0 Å². The molecule has 2 rings (SSSR count). The molecular formula is C20H21ClO3. The standard InChI is InChI=1S/C20H21ClO3/c1-20(2,3)14-7-5-13(6-8-14)11-17(19(22)23)16-12-15(21)9-10-18(16)24-4/h5-12H,1-4H3,(H,22,23)/b17-11-. The van der Waals surface area contributed by atoms with E-state index in [0.717, 1.165) is 5.56 Å². The van der Waals surface area contributed by atoms with Crippen LogP contribution in [0, 0.1) is 0 Å². The summed E-state index contributed by atoms with van der Waals surface area (Å²) in [6.07, 6.45) is 1.63. The van der Waals surface area contributed by atoms with Crippen LogP contribution in [0.3, 0.4) is 0 Å². The maximum atomic E-state index is 11.7. The molecule has 0 heterocycles. The highest BCUT2D eigenvalue weighted by molar-refractivity contribution is 6.31. The summed E-state index contributed by atoms with van der Waals surface area (Å²) in [5.74, 6) is -0.560. The van der Waals surface area contributed by atoms with Gasteiger partial charge in [-0.15, -0.1) is 0 Å². The Bertz CT molecular complexity index is 768. The topological polar surface area (TPSA) is 46.5 Å². The van der Waals surface area contributed by atoms with Crippen LogP contribution in [-0.4, -0.2) is 18.2 Å². The number of carboxylic acids is 1. The zero-order valence-electron chi connectivity index (χ0n) is 14.3. The molecule has 0 aliphatic heterocycles. The van der Waals surface area contributed by atoms with E-state index in [9.17, 15) is 9.90 Å². The van der Waals surface area contributed by atoms with Gasteiger partial charge in [-0.1, -0.05) is 56.6 Å². The van der Waals surface area contributed by atoms with Crippen molar-refractivity contribution in [1.29, 1.82) is 0 Å². The Morgan fingerprint density at radius 1 is 1.12 bits per heavy atom. The van der Waals surface area contributed by atoms with E-state index < -0.39 is 5.97 Å². The van der Waals surface area contributed by atoms with E-state index >= 15 is 0 Å². The molecule has 0 bridgehead atoms. The number of carboxylic acid groups (broad SMARTS) is 1. The molecule has 126 valence electrons. The summed E-state index contributed by atoms with van der Waals surface area (Å²) in [5, 5.41) is 10.1. The fraction of sp³-hybridized carbons (Fsp3) is 0.250. The molecule has 1 N–H and O–H groups in total. The summed E-state index contributed by atoms with van der Waals surface area (Å²) in [6, 6.07) is 12.8. The van der Waals surface area contributed by atoms with Crippen LogP contribution in [0.15, 0.2) is 42.5 Å². The van der Waals surface area contributed by atoms with Gasteiger partial charge in [-0.25, -0.2) is 4.79 Å². The van der Waals surface area contributed by atoms with Crippen LogP contribution in [-0.2, 0) is 10.2 Å². The molecule has 0 unspecified atom stereocenters. The number of rotatable bonds is 4. The molecule has 0 radical (unpaired) electrons. The third kappa shape index (κ3) is 4.18. The van der Waals surface area contributed by atoms with Gasteiger partial charge < -0.3 is 9.84 Å². The lowest BCUT2D eigenvalue weighted by Gasteiger charge is -2.18. The molecule has 0 atom stereocenters. The van der Waals surface area contributed by atoms with E-state index in [2.05, 4.69) is 20.8 Å². The van der Waals surface area contributed by atoms with Crippen LogP contribution < -0.4 is 4.74 Å². The van der Waals surface area contributed by atoms with Crippen molar-refractivity contribution in [3.05, 3.63) is 64.2 Å². The third-order valence-electron chi connectivity index (χ3n) is 3.77. The van der Waals surface area contributed by atoms with Gasteiger partial charge in [0, 0.05) is 10.6 Å². The number of hydrogen-bond acceptors (Lipinski definition) is 2. The van der Waals surface area contributed by atoms with Crippen molar-refractivity contribution in [2.24, 2.45) is 0 Å². The van der Waals surface area contributed by atoms with E-state index in [1.807, 2.05) is 24.3 Å². The number of aliphatic carboxylic acids is 1. The highest BCUT2D eigenvalue weighted by atomic mass is 35.5. The predicted octanol–water partition coefficient (Wildman–Crippen LogP) is 5.27. The van der Waals surface area contributed by atoms with Gasteiger partial charge in [-0.05, 0) is 40.8 Å². The highest BCUT2D eigenvalue weighted by Gasteiger charge is 2.17. The highest BCUT2D eigenvalue weighted by Crippen LogP contribution is 2.31. The first kappa shape index (κ1) is 18.1. The molecule has 24 heavy (non-hydrogen) atoms. The molecule has 2 aromatic carbocycles. The molecule has 0 spiro atoms. The third-order valence-corrected chi connectivity index (χ3v) is 4.00. The van der Waals surface area contributed by atoms with Gasteiger partial charge in [0.2, 0.25) is 0 Å². The van der Waals surface area contributed by atoms with E-state index in [1.54, 1.807) is 24.3 Å². The normalized spacial score (nSPS) is 12.1. The van der Waals surface area contributed by atoms with Crippen molar-refractivity contribution in [3.63, 3.8) is 0 Å². The summed E-state index contributed by atoms with van der Waals surface area (Å²) < 4.78 is 5.27. The molecule has 0 aliphatic rings. The Hall–Kier alpha value is -2.26. The minimum Gasteiger partial charge on any atom is -0.496 e. The number of methoxy groups -OCH3 is 1. The van der Waals surface area contributed by atoms with Gasteiger partial charge in [0.15, 0.2) is 0 Å². The molecule has 0 fully saturated rings. The van der Waals surface area contributed by atoms with Crippen LogP contribution in [0.2, 0.25) is 5.02 Å². The lowest BCUT2D eigenvalue weighted by molar-refractivity contribution is -0.130. The Morgan fingerprint density at radius 3 is 2.25 bits per heavy atom. The van der Waals surface area contributed by atoms with Crippen molar-refractivity contribution >= 4 is 29.2 Å². The quantitative estimate of drug-likeness (QED) is 0.607. The van der Waals surface area contributed by atoms with E-state index in [0.29, 0.717) is 16.3 Å². The van der Waals surface area contributed by atoms with Crippen LogP contribution in [0.4, 0.5) is 0 Å². The minimum atomic E-state index is -1.03. The van der Waals surface area contributed by atoms with Crippen LogP contribution in [0.1, 0.15) is 37.5 Å². The van der Waals surface area contributed by atoms with Crippen molar-refractivity contribution in [1.82, 2.24) is 0 Å². The molecule has 0 amide bonds. The fourth-order valence-electron chi connectivity index (χ4n) is 2.39. The molecule has 0 aromatic heterocycles. The number of halogens is 1. The molecule has 2 aromatic rings. The largest absolute Gasteiger partial charge is 0.496 e. The van der Waals surface area contributed by atoms with Crippen molar-refractivity contribution in [3.8, 4) is 5.75 Å². The molecule has 0 saturated heterocycles. The number of hydrogen-bond donors (Lipinski definition) is 1. The Labute approximate surface area is 147 Å². The van der Waals surface area contributed by atoms with E-state index in [-0.39, 0.29) is 11.0 Å². The number of ether oxygens (including phenoxy) is 1. The SMILES string of the molecule is COc1ccc(Cl)cc1/C(=C/c1ccc(C(C)(C)C)cc1)C(=O)O. The summed E-state index contributed by atoms with van der Waals surface area (Å²) in [6.45, 7) is 6.41. The maximum absolute atomic E-state index is 11.7. The van der Waals surface area contributed by atoms with E-state index in [4.69, 9.17) is 16.3 Å². The average molecular weight is 345 g/mol. The molecule has 4 heteroatoms. The Kier molecular flexibility index (Phi) is 5.35. The molecule has 3 nitrogen and oxygen atoms in total. The predicted molar refractivity (Wildman–Crippen MR) is 98.7 cm³/mol. The lowest BCUT2D eigenvalue weighted by Crippen LogP contribution is -2.10. The van der Waals surface area contributed by atoms with Gasteiger partial charge in [-0.2, -0.15) is 0 Å². The zero-order chi connectivity index (χ0) is 17.9. The monoisotopic (exact) mass is 344 g/mol. The first-order valence-electron chi connectivity index (χ1n) is 7.62. The van der Waals surface area contributed by atoms with Gasteiger partial charge in [0.05, 0.1) is 12.7 Å². The van der Waals surface area contributed by atoms with Crippen LogP contribution >= 0.6 is 11.6 Å². The van der Waals surface area contributed by atoms with Gasteiger partial charge in [-0.3, -0.25) is 0 Å². The van der Waals surface area contributed by atoms with Crippen molar-refractivity contribution in [2.45, 2.75) is 26.2 Å². The van der Waals surface area contributed by atoms with Crippen LogP contribution in [0.25, 0.3) is 11.6 Å². The minimum absolute atomic E-state index is 0.0497. The summed E-state index contributed by atoms with van der Waals surface area (Å²) in [4.78, 5) is 11.7. The smallest absolute Gasteiger partial charge is 0.336 e. The first-order chi connectivity index (χ1) is 11.2. The molecule has 0 saturated carbocycles. The molecule has 0 aliphatic carbocycles. The second-order valence-corrected chi connectivity index (χ2v) is 7.02. The second kappa shape index (κ2) is 7.10. The molecular weight excluding hydrogens is 324 g/mol. The first-order valence-corrected chi connectivity index (χ1v) is 7.99. The summed E-state index contributed by atoms with van der Waals surface area (Å²) in [5.41, 5.74) is 2.64. The van der Waals surface area contributed by atoms with Crippen LogP contribution in [0.5, 0.6) is 5.75 Å². The van der Waals surface area contributed by atoms with Crippen molar-refractivity contribution in [2.75, 3.05) is 7.11 Å².